The molecule has 1 aromatic carbocycles. The number of carbonyl (C=O) groups is 1. The lowest BCUT2D eigenvalue weighted by Crippen LogP contribution is -2.49. The second kappa shape index (κ2) is 6.78. The average Bonchev–Trinajstić information content (AvgIpc) is 2.60. The third-order valence-electron chi connectivity index (χ3n) is 4.54. The number of nitriles is 1. The Morgan fingerprint density at radius 3 is 2.75 bits per heavy atom. The second-order valence-corrected chi connectivity index (χ2v) is 6.82. The number of benzene rings is 1. The van der Waals surface area contributed by atoms with E-state index in [4.69, 9.17) is 21.6 Å². The van der Waals surface area contributed by atoms with Crippen molar-refractivity contribution < 1.29 is 9.53 Å². The molecule has 1 aromatic rings. The van der Waals surface area contributed by atoms with Gasteiger partial charge in [0.1, 0.15) is 5.75 Å². The number of halogens is 1. The molecule has 1 N–H and O–H groups in total. The van der Waals surface area contributed by atoms with Gasteiger partial charge in [-0.15, -0.1) is 0 Å². The van der Waals surface area contributed by atoms with E-state index in [0.29, 0.717) is 30.4 Å². The Kier molecular flexibility index (Phi) is 4.72. The maximum absolute atomic E-state index is 12.7. The van der Waals surface area contributed by atoms with Crippen LogP contribution in [0.1, 0.15) is 12.8 Å². The predicted molar refractivity (Wildman–Crippen MR) is 93.6 cm³/mol. The summed E-state index contributed by atoms with van der Waals surface area (Å²) in [5.41, 5.74) is 1.65. The number of ether oxygens (including phenoxy) is 1. The first-order valence-electron chi connectivity index (χ1n) is 8.09. The molecular formula is C17H21ClN4O2. The number of likely N-dealkylation sites (tertiary alicyclic amines) is 1. The number of carbonyl (C=O) groups excluding carboxylic acids is 1. The summed E-state index contributed by atoms with van der Waals surface area (Å²) in [5.74, 6) is 0.676. The van der Waals surface area contributed by atoms with E-state index in [1.807, 2.05) is 31.1 Å². The molecule has 24 heavy (non-hydrogen) atoms. The summed E-state index contributed by atoms with van der Waals surface area (Å²) < 4.78 is 5.94. The molecule has 7 heteroatoms. The Morgan fingerprint density at radius 2 is 2.12 bits per heavy atom. The van der Waals surface area contributed by atoms with Gasteiger partial charge in [-0.3, -0.25) is 4.79 Å². The largest absolute Gasteiger partial charge is 0.476 e. The maximum atomic E-state index is 12.7. The van der Waals surface area contributed by atoms with Crippen LogP contribution < -0.4 is 15.0 Å². The highest BCUT2D eigenvalue weighted by molar-refractivity contribution is 6.33. The molecule has 6 nitrogen and oxygen atoms in total. The Labute approximate surface area is 146 Å². The molecule has 1 unspecified atom stereocenters. The van der Waals surface area contributed by atoms with Crippen LogP contribution in [0.25, 0.3) is 0 Å². The maximum Gasteiger partial charge on any atom is 0.265 e. The lowest BCUT2D eigenvalue weighted by atomic mass is 9.98. The number of hydrogen-bond acceptors (Lipinski definition) is 5. The first-order valence-corrected chi connectivity index (χ1v) is 8.47. The van der Waals surface area contributed by atoms with Crippen LogP contribution in [-0.4, -0.2) is 50.6 Å². The third kappa shape index (κ3) is 3.22. The van der Waals surface area contributed by atoms with Gasteiger partial charge in [-0.25, -0.2) is 0 Å². The molecule has 2 aliphatic heterocycles. The van der Waals surface area contributed by atoms with E-state index in [-0.39, 0.29) is 11.8 Å². The van der Waals surface area contributed by atoms with Crippen LogP contribution in [0, 0.1) is 17.2 Å². The van der Waals surface area contributed by atoms with Gasteiger partial charge in [-0.05, 0) is 18.9 Å². The number of nitrogens with one attached hydrogen (secondary N) is 1. The van der Waals surface area contributed by atoms with Crippen LogP contribution >= 0.6 is 11.6 Å². The van der Waals surface area contributed by atoms with Crippen molar-refractivity contribution in [2.45, 2.75) is 18.9 Å². The summed E-state index contributed by atoms with van der Waals surface area (Å²) in [6, 6.07) is 5.96. The first kappa shape index (κ1) is 16.7. The van der Waals surface area contributed by atoms with Crippen molar-refractivity contribution in [3.05, 3.63) is 17.2 Å². The van der Waals surface area contributed by atoms with Crippen LogP contribution in [-0.2, 0) is 4.79 Å². The first-order chi connectivity index (χ1) is 11.5. The monoisotopic (exact) mass is 348 g/mol. The van der Waals surface area contributed by atoms with Crippen LogP contribution in [0.3, 0.4) is 0 Å². The lowest BCUT2D eigenvalue weighted by molar-refractivity contribution is -0.139. The van der Waals surface area contributed by atoms with Crippen LogP contribution in [0.4, 0.5) is 11.4 Å². The van der Waals surface area contributed by atoms with E-state index in [1.165, 1.54) is 0 Å². The molecule has 2 aliphatic rings. The predicted octanol–water partition coefficient (Wildman–Crippen LogP) is 2.34. The minimum Gasteiger partial charge on any atom is -0.476 e. The molecule has 0 aliphatic carbocycles. The lowest BCUT2D eigenvalue weighted by Gasteiger charge is -2.34. The molecule has 3 rings (SSSR count). The second-order valence-electron chi connectivity index (χ2n) is 6.41. The quantitative estimate of drug-likeness (QED) is 0.888. The molecule has 1 atom stereocenters. The summed E-state index contributed by atoms with van der Waals surface area (Å²) in [5, 5.41) is 12.8. The average molecular weight is 349 g/mol. The number of piperidine rings is 1. The molecule has 0 radical (unpaired) electrons. The standard InChI is InChI=1S/C17H21ClN4O2/c1-21(2)14-8-15-13(7-12(14)18)20-10-16(24-15)17(23)22-5-3-11(9-19)4-6-22/h7-8,11,16,20H,3-6,10H2,1-2H3. The fraction of sp³-hybridized carbons (Fsp3) is 0.529. The van der Waals surface area contributed by atoms with Crippen molar-refractivity contribution in [1.29, 1.82) is 5.26 Å². The normalized spacial score (nSPS) is 20.4. The van der Waals surface area contributed by atoms with E-state index in [2.05, 4.69) is 11.4 Å². The van der Waals surface area contributed by atoms with E-state index in [1.54, 1.807) is 4.90 Å². The van der Waals surface area contributed by atoms with Gasteiger partial charge in [0.05, 0.1) is 29.0 Å². The van der Waals surface area contributed by atoms with Crippen molar-refractivity contribution in [2.24, 2.45) is 5.92 Å². The molecule has 0 aromatic heterocycles. The van der Waals surface area contributed by atoms with Gasteiger partial charge >= 0.3 is 0 Å². The van der Waals surface area contributed by atoms with E-state index in [0.717, 1.165) is 24.2 Å². The van der Waals surface area contributed by atoms with Crippen LogP contribution in [0.2, 0.25) is 5.02 Å². The topological polar surface area (TPSA) is 68.6 Å². The Bertz CT molecular complexity index is 678. The summed E-state index contributed by atoms with van der Waals surface area (Å²) >= 11 is 6.27. The van der Waals surface area contributed by atoms with Crippen molar-refractivity contribution in [1.82, 2.24) is 4.90 Å². The summed E-state index contributed by atoms with van der Waals surface area (Å²) in [7, 11) is 3.82. The summed E-state index contributed by atoms with van der Waals surface area (Å²) in [6.07, 6.45) is 0.922. The molecule has 1 fully saturated rings. The summed E-state index contributed by atoms with van der Waals surface area (Å²) in [4.78, 5) is 16.4. The van der Waals surface area contributed by atoms with Gasteiger partial charge in [0.15, 0.2) is 6.10 Å². The van der Waals surface area contributed by atoms with Crippen molar-refractivity contribution in [3.63, 3.8) is 0 Å². The zero-order valence-corrected chi connectivity index (χ0v) is 14.6. The zero-order valence-electron chi connectivity index (χ0n) is 13.9. The van der Waals surface area contributed by atoms with Gasteiger partial charge in [0, 0.05) is 39.2 Å². The smallest absolute Gasteiger partial charge is 0.265 e. The molecular weight excluding hydrogens is 328 g/mol. The number of hydrogen-bond donors (Lipinski definition) is 1. The Morgan fingerprint density at radius 1 is 1.42 bits per heavy atom. The molecule has 2 heterocycles. The number of nitrogens with zero attached hydrogens (tertiary/aromatic N) is 3. The highest BCUT2D eigenvalue weighted by Gasteiger charge is 2.32. The van der Waals surface area contributed by atoms with Gasteiger partial charge in [-0.1, -0.05) is 11.6 Å². The molecule has 0 bridgehead atoms. The highest BCUT2D eigenvalue weighted by Crippen LogP contribution is 2.38. The SMILES string of the molecule is CN(C)c1cc2c(cc1Cl)NCC(C(=O)N1CCC(C#N)CC1)O2. The van der Waals surface area contributed by atoms with E-state index >= 15 is 0 Å². The molecule has 0 saturated carbocycles. The Hall–Kier alpha value is -2.13. The van der Waals surface area contributed by atoms with Gasteiger partial charge in [0.25, 0.3) is 5.91 Å². The fourth-order valence-electron chi connectivity index (χ4n) is 3.09. The van der Waals surface area contributed by atoms with Crippen LogP contribution in [0.15, 0.2) is 12.1 Å². The number of amides is 1. The number of fused-ring (bicyclic) bond motifs is 1. The zero-order chi connectivity index (χ0) is 17.3. The van der Waals surface area contributed by atoms with Crippen molar-refractivity contribution >= 4 is 28.9 Å². The summed E-state index contributed by atoms with van der Waals surface area (Å²) in [6.45, 7) is 1.66. The van der Waals surface area contributed by atoms with Crippen molar-refractivity contribution in [2.75, 3.05) is 43.9 Å². The minimum absolute atomic E-state index is 0.0223. The number of rotatable bonds is 2. The van der Waals surface area contributed by atoms with Crippen molar-refractivity contribution in [3.8, 4) is 11.8 Å². The number of anilines is 2. The molecule has 1 saturated heterocycles. The van der Waals surface area contributed by atoms with Crippen LogP contribution in [0.5, 0.6) is 5.75 Å². The highest BCUT2D eigenvalue weighted by atomic mass is 35.5. The van der Waals surface area contributed by atoms with Gasteiger partial charge in [0.2, 0.25) is 0 Å². The minimum atomic E-state index is -0.549. The Balaban J connectivity index is 1.71. The van der Waals surface area contributed by atoms with E-state index < -0.39 is 6.10 Å². The molecule has 128 valence electrons. The van der Waals surface area contributed by atoms with E-state index in [9.17, 15) is 4.79 Å². The molecule has 1 amide bonds. The molecule has 0 spiro atoms. The van der Waals surface area contributed by atoms with Gasteiger partial charge in [-0.2, -0.15) is 5.26 Å². The fourth-order valence-corrected chi connectivity index (χ4v) is 3.42. The third-order valence-corrected chi connectivity index (χ3v) is 4.85. The van der Waals surface area contributed by atoms with Gasteiger partial charge < -0.3 is 19.9 Å².